The Bertz CT molecular complexity index is 982. The van der Waals surface area contributed by atoms with Crippen LogP contribution in [0.5, 0.6) is 0 Å². The fourth-order valence-electron chi connectivity index (χ4n) is 3.87. The van der Waals surface area contributed by atoms with E-state index in [0.29, 0.717) is 35.6 Å². The van der Waals surface area contributed by atoms with Crippen molar-refractivity contribution in [2.75, 3.05) is 22.2 Å². The van der Waals surface area contributed by atoms with Crippen LogP contribution in [0.4, 0.5) is 17.2 Å². The van der Waals surface area contributed by atoms with Crippen LogP contribution in [-0.4, -0.2) is 45.9 Å². The topological polar surface area (TPSA) is 91.3 Å². The van der Waals surface area contributed by atoms with Crippen LogP contribution in [-0.2, 0) is 9.59 Å². The van der Waals surface area contributed by atoms with Gasteiger partial charge in [-0.25, -0.2) is 9.97 Å². The molecule has 0 aromatic carbocycles. The summed E-state index contributed by atoms with van der Waals surface area (Å²) >= 11 is 0. The highest BCUT2D eigenvalue weighted by Crippen LogP contribution is 2.37. The van der Waals surface area contributed by atoms with E-state index in [0.717, 1.165) is 5.82 Å². The number of hydrogen-bond acceptors (Lipinski definition) is 6. The summed E-state index contributed by atoms with van der Waals surface area (Å²) in [7, 11) is 1.76. The summed E-state index contributed by atoms with van der Waals surface area (Å²) in [6.07, 6.45) is 6.02. The number of carbonyl (C=O) groups excluding carboxylic acids is 2. The van der Waals surface area contributed by atoms with Gasteiger partial charge in [-0.3, -0.25) is 14.6 Å². The minimum atomic E-state index is -0.274. The molecule has 0 radical (unpaired) electrons. The van der Waals surface area contributed by atoms with Crippen molar-refractivity contribution in [1.82, 2.24) is 15.0 Å². The Morgan fingerprint density at radius 2 is 1.97 bits per heavy atom. The van der Waals surface area contributed by atoms with Gasteiger partial charge in [0.2, 0.25) is 11.8 Å². The molecule has 3 heterocycles. The minimum absolute atomic E-state index is 0.0408. The van der Waals surface area contributed by atoms with Crippen LogP contribution < -0.4 is 15.1 Å². The number of anilines is 3. The maximum absolute atomic E-state index is 12.9. The van der Waals surface area contributed by atoms with Crippen molar-refractivity contribution in [3.8, 4) is 11.4 Å². The number of pyridine rings is 1. The van der Waals surface area contributed by atoms with Crippen molar-refractivity contribution in [3.05, 3.63) is 24.7 Å². The zero-order chi connectivity index (χ0) is 22.9. The van der Waals surface area contributed by atoms with E-state index in [-0.39, 0.29) is 29.3 Å². The van der Waals surface area contributed by atoms with E-state index in [1.165, 1.54) is 0 Å². The van der Waals surface area contributed by atoms with E-state index < -0.39 is 0 Å². The second-order valence-corrected chi connectivity index (χ2v) is 9.43. The van der Waals surface area contributed by atoms with Gasteiger partial charge in [-0.2, -0.15) is 0 Å². The monoisotopic (exact) mass is 424 g/mol. The lowest BCUT2D eigenvalue weighted by Crippen LogP contribution is -2.54. The van der Waals surface area contributed by atoms with Crippen LogP contribution in [0.15, 0.2) is 24.7 Å². The molecule has 0 fully saturated rings. The van der Waals surface area contributed by atoms with Crippen molar-refractivity contribution in [2.45, 2.75) is 66.5 Å². The third kappa shape index (κ3) is 4.68. The number of amides is 2. The number of carbonyl (C=O) groups is 2. The molecular formula is C23H32N6O2. The van der Waals surface area contributed by atoms with Crippen molar-refractivity contribution in [2.24, 2.45) is 5.41 Å². The lowest BCUT2D eigenvalue weighted by Gasteiger charge is -2.42. The van der Waals surface area contributed by atoms with E-state index in [1.54, 1.807) is 36.6 Å². The minimum Gasteiger partial charge on any atom is -0.340 e. The number of likely N-dealkylation sites (N-methyl/N-ethyl adjacent to an activating group) is 1. The summed E-state index contributed by atoms with van der Waals surface area (Å²) in [4.78, 5) is 42.6. The van der Waals surface area contributed by atoms with Gasteiger partial charge in [0.05, 0.1) is 18.1 Å². The molecule has 0 bridgehead atoms. The number of nitrogens with one attached hydrogen (secondary N) is 1. The largest absolute Gasteiger partial charge is 0.340 e. The third-order valence-electron chi connectivity index (χ3n) is 5.28. The maximum atomic E-state index is 12.9. The Morgan fingerprint density at radius 3 is 2.58 bits per heavy atom. The molecule has 1 N–H and O–H groups in total. The van der Waals surface area contributed by atoms with Gasteiger partial charge in [0.15, 0.2) is 11.6 Å². The number of hydrogen-bond donors (Lipinski definition) is 1. The quantitative estimate of drug-likeness (QED) is 0.783. The molecule has 8 heteroatoms. The average molecular weight is 425 g/mol. The first-order valence-electron chi connectivity index (χ1n) is 10.7. The first-order valence-corrected chi connectivity index (χ1v) is 10.7. The Morgan fingerprint density at radius 1 is 1.26 bits per heavy atom. The van der Waals surface area contributed by atoms with Crippen molar-refractivity contribution in [1.29, 1.82) is 0 Å². The summed E-state index contributed by atoms with van der Waals surface area (Å²) in [6, 6.07) is 1.61. The summed E-state index contributed by atoms with van der Waals surface area (Å²) in [6.45, 7) is 12.2. The molecule has 0 saturated carbocycles. The van der Waals surface area contributed by atoms with Gasteiger partial charge in [-0.15, -0.1) is 0 Å². The van der Waals surface area contributed by atoms with Crippen molar-refractivity contribution < 1.29 is 9.59 Å². The molecule has 1 atom stereocenters. The molecular weight excluding hydrogens is 392 g/mol. The van der Waals surface area contributed by atoms with Crippen molar-refractivity contribution in [3.63, 3.8) is 0 Å². The van der Waals surface area contributed by atoms with Crippen LogP contribution in [0.2, 0.25) is 0 Å². The van der Waals surface area contributed by atoms with Gasteiger partial charge in [0, 0.05) is 31.3 Å². The van der Waals surface area contributed by atoms with E-state index in [4.69, 9.17) is 4.98 Å². The molecule has 1 aliphatic heterocycles. The highest BCUT2D eigenvalue weighted by Gasteiger charge is 2.38. The molecule has 3 rings (SSSR count). The zero-order valence-corrected chi connectivity index (χ0v) is 19.4. The number of aromatic nitrogens is 3. The predicted molar refractivity (Wildman–Crippen MR) is 123 cm³/mol. The molecule has 2 aromatic rings. The Labute approximate surface area is 184 Å². The van der Waals surface area contributed by atoms with Gasteiger partial charge in [-0.05, 0) is 31.7 Å². The van der Waals surface area contributed by atoms with Gasteiger partial charge in [0.1, 0.15) is 11.7 Å². The van der Waals surface area contributed by atoms with Gasteiger partial charge in [0.25, 0.3) is 0 Å². The predicted octanol–water partition coefficient (Wildman–Crippen LogP) is 3.88. The maximum Gasteiger partial charge on any atom is 0.249 e. The highest BCUT2D eigenvalue weighted by atomic mass is 16.2. The summed E-state index contributed by atoms with van der Waals surface area (Å²) in [5, 5.41) is 2.96. The smallest absolute Gasteiger partial charge is 0.249 e. The Hall–Kier alpha value is -3.03. The van der Waals surface area contributed by atoms with Crippen LogP contribution in [0.1, 0.15) is 54.4 Å². The molecule has 2 aromatic heterocycles. The highest BCUT2D eigenvalue weighted by molar-refractivity contribution is 6.04. The first-order chi connectivity index (χ1) is 14.5. The summed E-state index contributed by atoms with van der Waals surface area (Å²) < 4.78 is 0. The van der Waals surface area contributed by atoms with E-state index in [2.05, 4.69) is 34.0 Å². The number of rotatable bonds is 5. The molecule has 0 unspecified atom stereocenters. The zero-order valence-electron chi connectivity index (χ0n) is 19.4. The number of fused-ring (bicyclic) bond motifs is 1. The molecule has 166 valence electrons. The molecule has 0 saturated heterocycles. The first kappa shape index (κ1) is 22.7. The van der Waals surface area contributed by atoms with E-state index in [9.17, 15) is 9.59 Å². The summed E-state index contributed by atoms with van der Waals surface area (Å²) in [5.41, 5.74) is 1.81. The second kappa shape index (κ2) is 8.61. The molecule has 8 nitrogen and oxygen atoms in total. The standard InChI is InChI=1S/C23H32N6O2/c1-8-17-22(31)28(7)18-13-25-20(27-21(18)29(17)14(2)3)15-9-10-24-12-16(15)26-19(30)11-23(4,5)6/h9-10,12-14,17H,8,11H2,1-7H3,(H,26,30)/t17-/m1/s1. The van der Waals surface area contributed by atoms with E-state index in [1.807, 2.05) is 27.7 Å². The molecule has 1 aliphatic rings. The van der Waals surface area contributed by atoms with Crippen LogP contribution >= 0.6 is 0 Å². The summed E-state index contributed by atoms with van der Waals surface area (Å²) in [5.74, 6) is 1.16. The SMILES string of the molecule is CC[C@@H]1C(=O)N(C)c2cnc(-c3ccncc3NC(=O)CC(C)(C)C)nc2N1C(C)C. The third-order valence-corrected chi connectivity index (χ3v) is 5.28. The lowest BCUT2D eigenvalue weighted by atomic mass is 9.92. The molecule has 0 aliphatic carbocycles. The second-order valence-electron chi connectivity index (χ2n) is 9.43. The van der Waals surface area contributed by atoms with Crippen LogP contribution in [0, 0.1) is 5.41 Å². The van der Waals surface area contributed by atoms with Gasteiger partial charge in [-0.1, -0.05) is 27.7 Å². The normalized spacial score (nSPS) is 16.5. The van der Waals surface area contributed by atoms with E-state index >= 15 is 0 Å². The number of nitrogens with zero attached hydrogens (tertiary/aromatic N) is 5. The molecule has 0 spiro atoms. The van der Waals surface area contributed by atoms with Crippen LogP contribution in [0.3, 0.4) is 0 Å². The van der Waals surface area contributed by atoms with Crippen molar-refractivity contribution >= 4 is 29.0 Å². The van der Waals surface area contributed by atoms with Crippen LogP contribution in [0.25, 0.3) is 11.4 Å². The fourth-order valence-corrected chi connectivity index (χ4v) is 3.87. The lowest BCUT2D eigenvalue weighted by molar-refractivity contribution is -0.120. The fraction of sp³-hybridized carbons (Fsp3) is 0.522. The molecule has 2 amide bonds. The van der Waals surface area contributed by atoms with Gasteiger partial charge < -0.3 is 15.1 Å². The van der Waals surface area contributed by atoms with Gasteiger partial charge >= 0.3 is 0 Å². The average Bonchev–Trinajstić information content (AvgIpc) is 2.68. The molecule has 31 heavy (non-hydrogen) atoms. The Kier molecular flexibility index (Phi) is 6.29. The Balaban J connectivity index is 2.04.